The first-order valence-corrected chi connectivity index (χ1v) is 20.8. The first-order valence-electron chi connectivity index (χ1n) is 20.8. The summed E-state index contributed by atoms with van der Waals surface area (Å²) in [6.07, 6.45) is 0. The van der Waals surface area contributed by atoms with Crippen molar-refractivity contribution >= 4 is 27.8 Å². The zero-order valence-electron chi connectivity index (χ0n) is 34.0. The Morgan fingerprint density at radius 2 is 0.678 bits per heavy atom. The molecule has 59 heavy (non-hydrogen) atoms. The second-order valence-corrected chi connectivity index (χ2v) is 17.4. The van der Waals surface area contributed by atoms with Gasteiger partial charge in [-0.1, -0.05) is 173 Å². The molecule has 0 atom stereocenters. The molecule has 9 aromatic carbocycles. The van der Waals surface area contributed by atoms with Crippen molar-refractivity contribution in [3.05, 3.63) is 222 Å². The fraction of sp³-hybridized carbons (Fsp3) is 0.103. The molecule has 0 amide bonds. The predicted octanol–water partition coefficient (Wildman–Crippen LogP) is 15.9. The fourth-order valence-electron chi connectivity index (χ4n) is 9.98. The molecular formula is C58H45N. The minimum absolute atomic E-state index is 0.0381. The van der Waals surface area contributed by atoms with Crippen LogP contribution >= 0.6 is 0 Å². The van der Waals surface area contributed by atoms with Gasteiger partial charge in [-0.3, -0.25) is 0 Å². The van der Waals surface area contributed by atoms with Crippen LogP contribution < -0.4 is 4.90 Å². The Morgan fingerprint density at radius 3 is 1.34 bits per heavy atom. The zero-order valence-corrected chi connectivity index (χ0v) is 34.0. The molecule has 0 spiro atoms. The quantitative estimate of drug-likeness (QED) is 0.163. The van der Waals surface area contributed by atoms with Gasteiger partial charge in [0.2, 0.25) is 0 Å². The van der Waals surface area contributed by atoms with Gasteiger partial charge in [0.05, 0.1) is 0 Å². The summed E-state index contributed by atoms with van der Waals surface area (Å²) < 4.78 is 0. The lowest BCUT2D eigenvalue weighted by molar-refractivity contribution is 0.660. The molecule has 0 saturated carbocycles. The van der Waals surface area contributed by atoms with Crippen LogP contribution in [0, 0.1) is 0 Å². The molecule has 0 radical (unpaired) electrons. The number of nitrogens with zero attached hydrogens (tertiary/aromatic N) is 1. The highest BCUT2D eigenvalue weighted by Gasteiger charge is 2.37. The molecule has 1 heteroatoms. The summed E-state index contributed by atoms with van der Waals surface area (Å²) in [5.41, 5.74) is 21.5. The van der Waals surface area contributed by atoms with Crippen molar-refractivity contribution in [3.8, 4) is 55.6 Å². The van der Waals surface area contributed by atoms with E-state index in [0.717, 1.165) is 17.1 Å². The molecule has 2 aliphatic rings. The molecule has 0 N–H and O–H groups in total. The molecule has 0 bridgehead atoms. The molecule has 0 saturated heterocycles. The molecule has 0 aromatic heterocycles. The maximum absolute atomic E-state index is 2.43. The van der Waals surface area contributed by atoms with Crippen molar-refractivity contribution in [1.29, 1.82) is 0 Å². The van der Waals surface area contributed by atoms with Crippen molar-refractivity contribution in [2.75, 3.05) is 4.90 Å². The lowest BCUT2D eigenvalue weighted by Crippen LogP contribution is -2.16. The van der Waals surface area contributed by atoms with E-state index in [4.69, 9.17) is 0 Å². The Labute approximate surface area is 347 Å². The number of anilines is 3. The van der Waals surface area contributed by atoms with Crippen LogP contribution in [0.3, 0.4) is 0 Å². The first kappa shape index (κ1) is 35.2. The van der Waals surface area contributed by atoms with E-state index in [9.17, 15) is 0 Å². The SMILES string of the molecule is CC1(C)c2ccccc2-c2ccc(-c3ccc(N(c4ccc(-c5ccccc5)cc4)c4ccc5c(c4)C(C)(C)c4cc(-c6ccc7ccccc7c6)ccc4-5)cc3)cc21. The van der Waals surface area contributed by atoms with Gasteiger partial charge in [0, 0.05) is 27.9 Å². The van der Waals surface area contributed by atoms with Crippen LogP contribution in [0.4, 0.5) is 17.1 Å². The van der Waals surface area contributed by atoms with Crippen LogP contribution in [0.5, 0.6) is 0 Å². The molecule has 282 valence electrons. The summed E-state index contributed by atoms with van der Waals surface area (Å²) in [5.74, 6) is 0. The highest BCUT2D eigenvalue weighted by atomic mass is 15.1. The molecule has 0 unspecified atom stereocenters. The Kier molecular flexibility index (Phi) is 7.94. The average Bonchev–Trinajstić information content (AvgIpc) is 3.65. The summed E-state index contributed by atoms with van der Waals surface area (Å²) in [6, 6.07) is 74.3. The zero-order chi connectivity index (χ0) is 39.9. The van der Waals surface area contributed by atoms with Gasteiger partial charge in [0.15, 0.2) is 0 Å². The lowest BCUT2D eigenvalue weighted by Gasteiger charge is -2.28. The van der Waals surface area contributed by atoms with E-state index >= 15 is 0 Å². The molecule has 9 aromatic rings. The summed E-state index contributed by atoms with van der Waals surface area (Å²) >= 11 is 0. The van der Waals surface area contributed by atoms with Crippen LogP contribution in [-0.2, 0) is 10.8 Å². The number of rotatable bonds is 6. The van der Waals surface area contributed by atoms with Gasteiger partial charge in [0.1, 0.15) is 0 Å². The largest absolute Gasteiger partial charge is 0.310 e. The van der Waals surface area contributed by atoms with Crippen LogP contribution in [0.1, 0.15) is 49.9 Å². The standard InChI is InChI=1S/C58H45N/c1-57(2)53-17-11-10-16-49(53)50-31-24-44(35-54(50)57)41-22-28-47(29-23-41)59(46-26-20-40(21-27-46)38-12-6-5-7-13-38)48-30-33-52-51-32-25-45(36-55(51)58(3,4)56(52)37-48)43-19-18-39-14-8-9-15-42(39)34-43/h5-37H,1-4H3. The molecular weight excluding hydrogens is 711 g/mol. The van der Waals surface area contributed by atoms with Gasteiger partial charge in [-0.2, -0.15) is 0 Å². The van der Waals surface area contributed by atoms with E-state index in [1.807, 2.05) is 0 Å². The Hall–Kier alpha value is -6.96. The third-order valence-electron chi connectivity index (χ3n) is 13.3. The Morgan fingerprint density at radius 1 is 0.271 bits per heavy atom. The smallest absolute Gasteiger partial charge is 0.0465 e. The maximum Gasteiger partial charge on any atom is 0.0465 e. The molecule has 0 fully saturated rings. The second-order valence-electron chi connectivity index (χ2n) is 17.4. The van der Waals surface area contributed by atoms with E-state index in [0.29, 0.717) is 0 Å². The van der Waals surface area contributed by atoms with Crippen LogP contribution in [0.25, 0.3) is 66.4 Å². The number of hydrogen-bond acceptors (Lipinski definition) is 1. The molecule has 0 aliphatic heterocycles. The second kappa shape index (κ2) is 13.3. The van der Waals surface area contributed by atoms with Crippen molar-refractivity contribution in [2.24, 2.45) is 0 Å². The van der Waals surface area contributed by atoms with Crippen LogP contribution in [-0.4, -0.2) is 0 Å². The third-order valence-corrected chi connectivity index (χ3v) is 13.3. The fourth-order valence-corrected chi connectivity index (χ4v) is 9.98. The first-order chi connectivity index (χ1) is 28.7. The highest BCUT2D eigenvalue weighted by Crippen LogP contribution is 2.52. The van der Waals surface area contributed by atoms with E-state index in [1.165, 1.54) is 88.7 Å². The number of benzene rings is 9. The number of fused-ring (bicyclic) bond motifs is 7. The minimum atomic E-state index is -0.179. The van der Waals surface area contributed by atoms with E-state index in [2.05, 4.69) is 233 Å². The van der Waals surface area contributed by atoms with Gasteiger partial charge >= 0.3 is 0 Å². The van der Waals surface area contributed by atoms with Crippen molar-refractivity contribution in [2.45, 2.75) is 38.5 Å². The van der Waals surface area contributed by atoms with E-state index in [1.54, 1.807) is 0 Å². The Bertz CT molecular complexity index is 3080. The third kappa shape index (κ3) is 5.68. The van der Waals surface area contributed by atoms with Gasteiger partial charge in [-0.05, 0) is 143 Å². The summed E-state index contributed by atoms with van der Waals surface area (Å²) in [5, 5.41) is 2.54. The van der Waals surface area contributed by atoms with Crippen molar-refractivity contribution < 1.29 is 0 Å². The van der Waals surface area contributed by atoms with E-state index < -0.39 is 0 Å². The molecule has 0 heterocycles. The van der Waals surface area contributed by atoms with Gasteiger partial charge in [-0.15, -0.1) is 0 Å². The molecule has 2 aliphatic carbocycles. The molecule has 1 nitrogen and oxygen atoms in total. The van der Waals surface area contributed by atoms with E-state index in [-0.39, 0.29) is 10.8 Å². The maximum atomic E-state index is 2.43. The summed E-state index contributed by atoms with van der Waals surface area (Å²) in [7, 11) is 0. The van der Waals surface area contributed by atoms with Crippen molar-refractivity contribution in [3.63, 3.8) is 0 Å². The average molecular weight is 756 g/mol. The van der Waals surface area contributed by atoms with Gasteiger partial charge in [0.25, 0.3) is 0 Å². The lowest BCUT2D eigenvalue weighted by atomic mass is 9.81. The molecule has 11 rings (SSSR count). The number of hydrogen-bond donors (Lipinski definition) is 0. The Balaban J connectivity index is 0.977. The summed E-state index contributed by atoms with van der Waals surface area (Å²) in [4.78, 5) is 2.42. The van der Waals surface area contributed by atoms with Crippen LogP contribution in [0.15, 0.2) is 200 Å². The van der Waals surface area contributed by atoms with Crippen molar-refractivity contribution in [1.82, 2.24) is 0 Å². The monoisotopic (exact) mass is 755 g/mol. The predicted molar refractivity (Wildman–Crippen MR) is 250 cm³/mol. The van der Waals surface area contributed by atoms with Gasteiger partial charge < -0.3 is 4.90 Å². The highest BCUT2D eigenvalue weighted by molar-refractivity contribution is 5.91. The minimum Gasteiger partial charge on any atom is -0.310 e. The topological polar surface area (TPSA) is 3.24 Å². The van der Waals surface area contributed by atoms with Crippen LogP contribution in [0.2, 0.25) is 0 Å². The van der Waals surface area contributed by atoms with Gasteiger partial charge in [-0.25, -0.2) is 0 Å². The normalized spacial score (nSPS) is 14.0. The summed E-state index contributed by atoms with van der Waals surface area (Å²) in [6.45, 7) is 9.48.